The van der Waals surface area contributed by atoms with Crippen molar-refractivity contribution >= 4 is 5.78 Å². The van der Waals surface area contributed by atoms with Crippen molar-refractivity contribution in [2.45, 2.75) is 102 Å². The molecule has 5 aromatic carbocycles. The number of fused-ring (bicyclic) bond motifs is 8. The first-order valence-corrected chi connectivity index (χ1v) is 21.9. The number of aliphatic hydroxyl groups excluding tert-OH is 2. The zero-order chi connectivity index (χ0) is 44.6. The molecule has 1 saturated carbocycles. The van der Waals surface area contributed by atoms with Gasteiger partial charge in [-0.2, -0.15) is 0 Å². The van der Waals surface area contributed by atoms with Gasteiger partial charge in [0.2, 0.25) is 0 Å². The number of benzene rings is 5. The Morgan fingerprint density at radius 2 is 1.54 bits per heavy atom. The predicted octanol–water partition coefficient (Wildman–Crippen LogP) is 10.6. The van der Waals surface area contributed by atoms with Crippen molar-refractivity contribution in [1.29, 1.82) is 0 Å². The van der Waals surface area contributed by atoms with E-state index in [1.54, 1.807) is 12.1 Å². The number of carbonyl (C=O) groups excluding carboxylic acids is 1. The molecule has 0 amide bonds. The molecule has 332 valence electrons. The first kappa shape index (κ1) is 45.9. The number of aliphatic hydroxyl groups is 3. The van der Waals surface area contributed by atoms with Crippen molar-refractivity contribution in [2.75, 3.05) is 19.7 Å². The maximum atomic E-state index is 14.7. The summed E-state index contributed by atoms with van der Waals surface area (Å²) in [4.78, 5) is 16.7. The van der Waals surface area contributed by atoms with Gasteiger partial charge in [-0.3, -0.25) is 9.69 Å². The maximum Gasteiger partial charge on any atom is 0.573 e. The quantitative estimate of drug-likeness (QED) is 0.0755. The van der Waals surface area contributed by atoms with Gasteiger partial charge in [0, 0.05) is 36.2 Å². The van der Waals surface area contributed by atoms with Crippen molar-refractivity contribution in [3.63, 3.8) is 0 Å². The monoisotopic (exact) mass is 861 g/mol. The second-order valence-electron chi connectivity index (χ2n) is 17.7. The van der Waals surface area contributed by atoms with Crippen LogP contribution in [0.5, 0.6) is 5.75 Å². The van der Waals surface area contributed by atoms with Crippen LogP contribution < -0.4 is 4.74 Å². The van der Waals surface area contributed by atoms with Gasteiger partial charge in [-0.05, 0) is 109 Å². The summed E-state index contributed by atoms with van der Waals surface area (Å²) in [5.74, 6) is -0.696. The summed E-state index contributed by atoms with van der Waals surface area (Å²) in [5.41, 5.74) is 5.59. The number of nitrogens with zero attached hydrogens (tertiary/aromatic N) is 1. The van der Waals surface area contributed by atoms with Gasteiger partial charge >= 0.3 is 6.36 Å². The molecule has 0 saturated heterocycles. The van der Waals surface area contributed by atoms with Gasteiger partial charge in [0.05, 0.1) is 31.0 Å². The Morgan fingerprint density at radius 3 is 2.24 bits per heavy atom. The van der Waals surface area contributed by atoms with Crippen LogP contribution in [0, 0.1) is 5.41 Å². The topological polar surface area (TPSA) is 99.5 Å². The summed E-state index contributed by atoms with van der Waals surface area (Å²) in [6.07, 6.45) is -0.195. The molecule has 5 atom stereocenters. The third kappa shape index (κ3) is 11.7. The van der Waals surface area contributed by atoms with Crippen molar-refractivity contribution in [2.24, 2.45) is 5.41 Å². The van der Waals surface area contributed by atoms with E-state index in [1.807, 2.05) is 108 Å². The van der Waals surface area contributed by atoms with Crippen LogP contribution >= 0.6 is 0 Å². The molecule has 10 heteroatoms. The highest BCUT2D eigenvalue weighted by atomic mass is 19.4. The zero-order valence-electron chi connectivity index (χ0n) is 36.1. The van der Waals surface area contributed by atoms with E-state index in [4.69, 9.17) is 4.74 Å². The van der Waals surface area contributed by atoms with E-state index in [2.05, 4.69) is 24.7 Å². The fourth-order valence-corrected chi connectivity index (χ4v) is 9.64. The molecule has 63 heavy (non-hydrogen) atoms. The number of rotatable bonds is 14. The van der Waals surface area contributed by atoms with E-state index in [9.17, 15) is 33.3 Å². The lowest BCUT2D eigenvalue weighted by Gasteiger charge is -2.46. The average Bonchev–Trinajstić information content (AvgIpc) is 3.51. The van der Waals surface area contributed by atoms with Crippen LogP contribution in [0.1, 0.15) is 96.5 Å². The molecule has 0 aromatic heterocycles. The summed E-state index contributed by atoms with van der Waals surface area (Å²) in [6.45, 7) is 5.02. The summed E-state index contributed by atoms with van der Waals surface area (Å²) >= 11 is 0. The van der Waals surface area contributed by atoms with Gasteiger partial charge in [0.1, 0.15) is 5.75 Å². The molecule has 0 spiro atoms. The van der Waals surface area contributed by atoms with Crippen LogP contribution in [0.25, 0.3) is 11.1 Å². The molecule has 2 bridgehead atoms. The Kier molecular flexibility index (Phi) is 14.7. The average molecular weight is 862 g/mol. The molecule has 7 nitrogen and oxygen atoms in total. The summed E-state index contributed by atoms with van der Waals surface area (Å²) in [7, 11) is 0. The van der Waals surface area contributed by atoms with Crippen LogP contribution in [0.4, 0.5) is 13.2 Å². The minimum absolute atomic E-state index is 0.0327. The number of allylic oxidation sites excluding steroid dienone is 2. The molecule has 8 rings (SSSR count). The lowest BCUT2D eigenvalue weighted by atomic mass is 9.64. The number of carbonyl (C=O) groups is 1. The van der Waals surface area contributed by atoms with E-state index >= 15 is 0 Å². The summed E-state index contributed by atoms with van der Waals surface area (Å²) < 4.78 is 49.1. The summed E-state index contributed by atoms with van der Waals surface area (Å²) in [5, 5.41) is 35.7. The Labute approximate surface area is 368 Å². The molecule has 1 fully saturated rings. The third-order valence-electron chi connectivity index (χ3n) is 13.1. The number of halogens is 3. The third-order valence-corrected chi connectivity index (χ3v) is 13.1. The first-order valence-electron chi connectivity index (χ1n) is 21.9. The molecule has 0 heterocycles. The lowest BCUT2D eigenvalue weighted by molar-refractivity contribution is -0.274. The SMILES string of the molecule is CC1=CCC[C@@]2(C)[C@@H](CC[C@@]2(O)CN(Cc2ccc(OC(F)(F)F)cc2)C[C@@H](O)COCc2ccccc2)c2ccc(cc2C(=O)c2ccc(-c3ccccc3)cc2)C[C@@H](O)CC1. The van der Waals surface area contributed by atoms with E-state index in [1.165, 1.54) is 12.1 Å². The molecule has 5 aromatic rings. The molecular weight excluding hydrogens is 804 g/mol. The first-order chi connectivity index (χ1) is 30.2. The summed E-state index contributed by atoms with van der Waals surface area (Å²) in [6, 6.07) is 38.9. The largest absolute Gasteiger partial charge is 0.573 e. The fraction of sp³-hybridized carbons (Fsp3) is 0.377. The van der Waals surface area contributed by atoms with E-state index in [0.29, 0.717) is 68.2 Å². The van der Waals surface area contributed by atoms with Crippen LogP contribution in [-0.4, -0.2) is 69.9 Å². The van der Waals surface area contributed by atoms with E-state index in [0.717, 1.165) is 33.4 Å². The lowest BCUT2D eigenvalue weighted by Crippen LogP contribution is -2.53. The minimum atomic E-state index is -4.83. The Hall–Kier alpha value is -5.10. The highest BCUT2D eigenvalue weighted by Crippen LogP contribution is 2.59. The standard InChI is InChI=1S/C53H58F3NO6/c1-37-10-9-28-51(2)49(47-26-18-40(30-44(58)23-15-37)31-48(47)50(60)43-21-19-42(20-22-43)41-13-7-4-8-14-41)27-29-52(51,61)36-57(32-38-16-24-46(25-17-38)63-53(54,55)56)33-45(59)35-62-34-39-11-5-3-6-12-39/h3-8,10-14,16-22,24-26,31,44-45,49,58-59,61H,9,15,23,27-30,32-36H2,1-2H3/t44-,45+,49-,51-,52+/m0/s1. The van der Waals surface area contributed by atoms with Gasteiger partial charge in [-0.25, -0.2) is 0 Å². The predicted molar refractivity (Wildman–Crippen MR) is 239 cm³/mol. The minimum Gasteiger partial charge on any atom is -0.406 e. The van der Waals surface area contributed by atoms with Gasteiger partial charge in [-0.1, -0.05) is 128 Å². The Bertz CT molecular complexity index is 2300. The highest BCUT2D eigenvalue weighted by Gasteiger charge is 2.57. The molecule has 0 unspecified atom stereocenters. The fourth-order valence-electron chi connectivity index (χ4n) is 9.64. The number of hydrogen-bond donors (Lipinski definition) is 3. The van der Waals surface area contributed by atoms with Crippen LogP contribution in [0.15, 0.2) is 139 Å². The smallest absolute Gasteiger partial charge is 0.406 e. The van der Waals surface area contributed by atoms with Crippen molar-refractivity contribution in [1.82, 2.24) is 4.90 Å². The molecule has 3 aliphatic carbocycles. The van der Waals surface area contributed by atoms with E-state index < -0.39 is 29.6 Å². The highest BCUT2D eigenvalue weighted by molar-refractivity contribution is 6.10. The van der Waals surface area contributed by atoms with Crippen LogP contribution in [0.2, 0.25) is 0 Å². The van der Waals surface area contributed by atoms with Crippen molar-refractivity contribution in [3.05, 3.63) is 172 Å². The van der Waals surface area contributed by atoms with Gasteiger partial charge in [0.15, 0.2) is 5.78 Å². The van der Waals surface area contributed by atoms with Crippen molar-refractivity contribution in [3.8, 4) is 16.9 Å². The zero-order valence-corrected chi connectivity index (χ0v) is 36.1. The number of alkyl halides is 3. The normalized spacial score (nSPS) is 22.3. The van der Waals surface area contributed by atoms with Gasteiger partial charge < -0.3 is 24.8 Å². The molecule has 3 N–H and O–H groups in total. The van der Waals surface area contributed by atoms with Gasteiger partial charge in [-0.15, -0.1) is 13.2 Å². The number of hydrogen-bond acceptors (Lipinski definition) is 7. The van der Waals surface area contributed by atoms with Crippen LogP contribution in [0.3, 0.4) is 0 Å². The van der Waals surface area contributed by atoms with Gasteiger partial charge in [0.25, 0.3) is 0 Å². The molecule has 0 radical (unpaired) electrons. The second-order valence-corrected chi connectivity index (χ2v) is 17.7. The molecule has 0 aliphatic heterocycles. The second kappa shape index (κ2) is 20.2. The number of ether oxygens (including phenoxy) is 2. The van der Waals surface area contributed by atoms with Crippen LogP contribution in [-0.2, 0) is 24.3 Å². The van der Waals surface area contributed by atoms with E-state index in [-0.39, 0.29) is 43.7 Å². The Morgan fingerprint density at radius 1 is 0.857 bits per heavy atom. The molecular formula is C53H58F3NO6. The molecule has 3 aliphatic rings. The Balaban J connectivity index is 1.21. The maximum absolute atomic E-state index is 14.7. The number of ketones is 1. The van der Waals surface area contributed by atoms with Crippen molar-refractivity contribution < 1.29 is 42.8 Å².